The molecular weight excluding hydrogens is 291 g/mol. The summed E-state index contributed by atoms with van der Waals surface area (Å²) in [6.07, 6.45) is -4.27. The fourth-order valence-electron chi connectivity index (χ4n) is 2.46. The molecule has 1 aliphatic heterocycles. The van der Waals surface area contributed by atoms with Gasteiger partial charge in [0.15, 0.2) is 5.82 Å². The van der Waals surface area contributed by atoms with Crippen LogP contribution in [0.2, 0.25) is 0 Å². The SMILES string of the molecule is CC1CN(c2c(N)cnn2CC(F)(F)F)CCN1C(=O)O. The Labute approximate surface area is 118 Å². The van der Waals surface area contributed by atoms with Crippen molar-refractivity contribution < 1.29 is 23.1 Å². The molecule has 1 aromatic heterocycles. The summed E-state index contributed by atoms with van der Waals surface area (Å²) in [7, 11) is 0. The smallest absolute Gasteiger partial charge is 0.408 e. The summed E-state index contributed by atoms with van der Waals surface area (Å²) < 4.78 is 38.4. The van der Waals surface area contributed by atoms with Gasteiger partial charge in [-0.25, -0.2) is 9.48 Å². The molecule has 7 nitrogen and oxygen atoms in total. The van der Waals surface area contributed by atoms with Gasteiger partial charge in [0.2, 0.25) is 0 Å². The number of hydrogen-bond donors (Lipinski definition) is 2. The number of nitrogens with two attached hydrogens (primary N) is 1. The first-order valence-electron chi connectivity index (χ1n) is 6.31. The fraction of sp³-hybridized carbons (Fsp3) is 0.636. The van der Waals surface area contributed by atoms with Crippen LogP contribution in [0.1, 0.15) is 6.92 Å². The molecule has 3 N–H and O–H groups in total. The highest BCUT2D eigenvalue weighted by atomic mass is 19.4. The molecule has 1 aliphatic rings. The highest BCUT2D eigenvalue weighted by Gasteiger charge is 2.33. The average molecular weight is 307 g/mol. The van der Waals surface area contributed by atoms with E-state index in [2.05, 4.69) is 5.10 Å². The predicted molar refractivity (Wildman–Crippen MR) is 69.1 cm³/mol. The van der Waals surface area contributed by atoms with Crippen LogP contribution in [-0.4, -0.2) is 57.7 Å². The van der Waals surface area contributed by atoms with Gasteiger partial charge in [0.05, 0.1) is 11.9 Å². The molecule has 1 aromatic rings. The Morgan fingerprint density at radius 1 is 1.52 bits per heavy atom. The number of carbonyl (C=O) groups is 1. The minimum absolute atomic E-state index is 0.148. The van der Waals surface area contributed by atoms with E-state index < -0.39 is 18.8 Å². The van der Waals surface area contributed by atoms with E-state index in [1.165, 1.54) is 11.1 Å². The molecule has 1 saturated heterocycles. The van der Waals surface area contributed by atoms with Crippen LogP contribution >= 0.6 is 0 Å². The Balaban J connectivity index is 2.20. The predicted octanol–water partition coefficient (Wildman–Crippen LogP) is 1.22. The number of aromatic nitrogens is 2. The minimum Gasteiger partial charge on any atom is -0.465 e. The first-order chi connectivity index (χ1) is 9.69. The molecule has 21 heavy (non-hydrogen) atoms. The lowest BCUT2D eigenvalue weighted by Crippen LogP contribution is -2.54. The number of hydrogen-bond acceptors (Lipinski definition) is 4. The van der Waals surface area contributed by atoms with Gasteiger partial charge in [-0.1, -0.05) is 0 Å². The van der Waals surface area contributed by atoms with Gasteiger partial charge in [-0.05, 0) is 6.92 Å². The maximum absolute atomic E-state index is 12.5. The second kappa shape index (κ2) is 5.34. The number of alkyl halides is 3. The average Bonchev–Trinajstić information content (AvgIpc) is 2.67. The molecule has 0 saturated carbocycles. The molecule has 2 heterocycles. The van der Waals surface area contributed by atoms with E-state index in [0.29, 0.717) is 0 Å². The van der Waals surface area contributed by atoms with Gasteiger partial charge >= 0.3 is 12.3 Å². The van der Waals surface area contributed by atoms with Crippen LogP contribution in [0.15, 0.2) is 6.20 Å². The number of carboxylic acid groups (broad SMARTS) is 1. The van der Waals surface area contributed by atoms with Gasteiger partial charge < -0.3 is 20.6 Å². The van der Waals surface area contributed by atoms with Gasteiger partial charge in [-0.15, -0.1) is 0 Å². The third kappa shape index (κ3) is 3.31. The number of anilines is 2. The molecule has 1 atom stereocenters. The summed E-state index contributed by atoms with van der Waals surface area (Å²) >= 11 is 0. The van der Waals surface area contributed by atoms with Crippen LogP contribution in [0.25, 0.3) is 0 Å². The monoisotopic (exact) mass is 307 g/mol. The zero-order chi connectivity index (χ0) is 15.8. The quantitative estimate of drug-likeness (QED) is 0.857. The number of amides is 1. The van der Waals surface area contributed by atoms with Crippen LogP contribution in [-0.2, 0) is 6.54 Å². The molecule has 1 amide bonds. The maximum atomic E-state index is 12.5. The van der Waals surface area contributed by atoms with Crippen LogP contribution < -0.4 is 10.6 Å². The zero-order valence-corrected chi connectivity index (χ0v) is 11.3. The summed E-state index contributed by atoms with van der Waals surface area (Å²) in [5.41, 5.74) is 5.86. The Bertz CT molecular complexity index is 530. The molecule has 0 aromatic carbocycles. The number of halogens is 3. The van der Waals surface area contributed by atoms with E-state index in [0.717, 1.165) is 4.68 Å². The topological polar surface area (TPSA) is 87.6 Å². The van der Waals surface area contributed by atoms with Crippen molar-refractivity contribution >= 4 is 17.6 Å². The highest BCUT2D eigenvalue weighted by Crippen LogP contribution is 2.28. The van der Waals surface area contributed by atoms with Crippen molar-refractivity contribution in [1.29, 1.82) is 0 Å². The van der Waals surface area contributed by atoms with Crippen LogP contribution in [0.4, 0.5) is 29.5 Å². The molecule has 0 bridgehead atoms. The first-order valence-corrected chi connectivity index (χ1v) is 6.31. The first kappa shape index (κ1) is 15.3. The van der Waals surface area contributed by atoms with Crippen molar-refractivity contribution in [2.75, 3.05) is 30.3 Å². The van der Waals surface area contributed by atoms with Crippen molar-refractivity contribution in [3.05, 3.63) is 6.20 Å². The van der Waals surface area contributed by atoms with Crippen molar-refractivity contribution in [2.45, 2.75) is 25.7 Å². The summed E-state index contributed by atoms with van der Waals surface area (Å²) in [4.78, 5) is 13.9. The second-order valence-corrected chi connectivity index (χ2v) is 4.97. The standard InChI is InChI=1S/C11H16F3N5O2/c1-7-5-17(2-3-18(7)10(20)21)9-8(15)4-16-19(9)6-11(12,13)14/h4,7H,2-3,5-6,15H2,1H3,(H,20,21). The lowest BCUT2D eigenvalue weighted by Gasteiger charge is -2.39. The fourth-order valence-corrected chi connectivity index (χ4v) is 2.46. The largest absolute Gasteiger partial charge is 0.465 e. The lowest BCUT2D eigenvalue weighted by atomic mass is 10.2. The third-order valence-electron chi connectivity index (χ3n) is 3.34. The Kier molecular flexibility index (Phi) is 3.88. The molecular formula is C11H16F3N5O2. The van der Waals surface area contributed by atoms with Crippen LogP contribution in [0, 0.1) is 0 Å². The van der Waals surface area contributed by atoms with Crippen LogP contribution in [0.5, 0.6) is 0 Å². The molecule has 1 fully saturated rings. The molecule has 0 aliphatic carbocycles. The van der Waals surface area contributed by atoms with E-state index in [9.17, 15) is 18.0 Å². The van der Waals surface area contributed by atoms with Crippen LogP contribution in [0.3, 0.4) is 0 Å². The Morgan fingerprint density at radius 3 is 2.71 bits per heavy atom. The van der Waals surface area contributed by atoms with Gasteiger partial charge in [0, 0.05) is 25.7 Å². The van der Waals surface area contributed by atoms with Crippen molar-refractivity contribution in [2.24, 2.45) is 0 Å². The maximum Gasteiger partial charge on any atom is 0.408 e. The number of nitrogen functional groups attached to an aromatic ring is 1. The summed E-state index contributed by atoms with van der Waals surface area (Å²) in [5, 5.41) is 12.7. The number of nitrogens with zero attached hydrogens (tertiary/aromatic N) is 4. The molecule has 1 unspecified atom stereocenters. The Morgan fingerprint density at radius 2 is 2.19 bits per heavy atom. The number of rotatable bonds is 2. The molecule has 2 rings (SSSR count). The van der Waals surface area contributed by atoms with Crippen molar-refractivity contribution in [1.82, 2.24) is 14.7 Å². The molecule has 0 spiro atoms. The summed E-state index contributed by atoms with van der Waals surface area (Å²) in [6.45, 7) is 1.20. The van der Waals surface area contributed by atoms with E-state index >= 15 is 0 Å². The highest BCUT2D eigenvalue weighted by molar-refractivity contribution is 5.67. The summed E-state index contributed by atoms with van der Waals surface area (Å²) in [5.74, 6) is 0.184. The van der Waals surface area contributed by atoms with Crippen molar-refractivity contribution in [3.63, 3.8) is 0 Å². The molecule has 118 valence electrons. The van der Waals surface area contributed by atoms with E-state index in [1.807, 2.05) is 0 Å². The van der Waals surface area contributed by atoms with E-state index in [1.54, 1.807) is 11.8 Å². The number of piperazine rings is 1. The normalized spacial score (nSPS) is 19.9. The summed E-state index contributed by atoms with van der Waals surface area (Å²) in [6, 6.07) is -0.343. The molecule has 10 heteroatoms. The van der Waals surface area contributed by atoms with Gasteiger partial charge in [-0.2, -0.15) is 18.3 Å². The van der Waals surface area contributed by atoms with Crippen molar-refractivity contribution in [3.8, 4) is 0 Å². The third-order valence-corrected chi connectivity index (χ3v) is 3.34. The van der Waals surface area contributed by atoms with E-state index in [4.69, 9.17) is 10.8 Å². The van der Waals surface area contributed by atoms with Gasteiger partial charge in [0.25, 0.3) is 0 Å². The molecule has 0 radical (unpaired) electrons. The van der Waals surface area contributed by atoms with E-state index in [-0.39, 0.29) is 37.2 Å². The zero-order valence-electron chi connectivity index (χ0n) is 11.3. The second-order valence-electron chi connectivity index (χ2n) is 4.97. The Hall–Kier alpha value is -2.13. The van der Waals surface area contributed by atoms with Gasteiger partial charge in [-0.3, -0.25) is 0 Å². The minimum atomic E-state index is -4.40. The lowest BCUT2D eigenvalue weighted by molar-refractivity contribution is -0.142. The van der Waals surface area contributed by atoms with Gasteiger partial charge in [0.1, 0.15) is 6.54 Å².